The summed E-state index contributed by atoms with van der Waals surface area (Å²) in [6, 6.07) is 114. The predicted molar refractivity (Wildman–Crippen MR) is 400 cm³/mol. The monoisotopic (exact) mass is 1200 g/mol. The van der Waals surface area contributed by atoms with Crippen molar-refractivity contribution in [2.24, 2.45) is 0 Å². The fraction of sp³-hybridized carbons (Fsp3) is 0.133. The summed E-state index contributed by atoms with van der Waals surface area (Å²) >= 11 is 0. The first kappa shape index (κ1) is 58.9. The molecular weight excluding hydrogens is 1120 g/mol. The first-order chi connectivity index (χ1) is 45.1. The van der Waals surface area contributed by atoms with E-state index in [1.807, 2.05) is 0 Å². The van der Waals surface area contributed by atoms with Crippen LogP contribution in [0.15, 0.2) is 303 Å². The van der Waals surface area contributed by atoms with Crippen LogP contribution in [0.5, 0.6) is 0 Å². The summed E-state index contributed by atoms with van der Waals surface area (Å²) in [4.78, 5) is 5.48. The lowest BCUT2D eigenvalue weighted by atomic mass is 9.33. The molecule has 0 bridgehead atoms. The third kappa shape index (κ3) is 10.7. The Morgan fingerprint density at radius 2 is 0.473 bits per heavy atom. The molecule has 0 aliphatic carbocycles. The lowest BCUT2D eigenvalue weighted by Crippen LogP contribution is -2.62. The fourth-order valence-corrected chi connectivity index (χ4v) is 14.7. The molecule has 0 saturated heterocycles. The molecule has 0 atom stereocenters. The van der Waals surface area contributed by atoms with Crippen LogP contribution in [0.1, 0.15) is 79.0 Å². The summed E-state index contributed by atoms with van der Waals surface area (Å²) in [7, 11) is 0. The molecule has 13 aromatic rings. The van der Waals surface area contributed by atoms with Crippen LogP contribution in [0.25, 0.3) is 89.0 Å². The van der Waals surface area contributed by atoms with Crippen LogP contribution < -0.4 is 26.2 Å². The number of rotatable bonds is 10. The third-order valence-corrected chi connectivity index (χ3v) is 19.2. The number of hydrogen-bond acceptors (Lipinski definition) is 2. The molecule has 0 aromatic heterocycles. The molecule has 2 aliphatic heterocycles. The van der Waals surface area contributed by atoms with E-state index in [1.165, 1.54) is 89.2 Å². The Hall–Kier alpha value is -10.5. The molecule has 0 N–H and O–H groups in total. The van der Waals surface area contributed by atoms with Crippen molar-refractivity contribution in [3.63, 3.8) is 0 Å². The first-order valence-electron chi connectivity index (χ1n) is 33.0. The second-order valence-electron chi connectivity index (χ2n) is 28.5. The quantitative estimate of drug-likeness (QED) is 0.126. The van der Waals surface area contributed by atoms with Gasteiger partial charge in [0.25, 0.3) is 6.71 Å². The van der Waals surface area contributed by atoms with Gasteiger partial charge in [-0.05, 0) is 165 Å². The number of hydrogen-bond donors (Lipinski definition) is 0. The standard InChI is InChI=1S/C90H77BN2/c1-88(2,3)70-54-83-85-84(55-70)93(87-75(66-46-30-16-31-47-66)52-69(61-36-20-11-21-37-61)53-76(87)67-48-32-17-33-49-67)82-59-78(90(7,8)9)72(63-40-24-13-25-41-63)57-80(82)91(85)79-56-71(62-38-22-12-23-39-62)77(89(4,5)6)58-81(79)92(83)86-73(64-42-26-14-27-43-64)50-68(60-34-18-10-19-35-60)51-74(86)65-44-28-15-29-45-65/h10-59H,1-9H3. The summed E-state index contributed by atoms with van der Waals surface area (Å²) in [5, 5.41) is 0. The van der Waals surface area contributed by atoms with E-state index in [-0.39, 0.29) is 23.0 Å². The summed E-state index contributed by atoms with van der Waals surface area (Å²) in [5.74, 6) is 0. The third-order valence-electron chi connectivity index (χ3n) is 19.2. The van der Waals surface area contributed by atoms with Crippen molar-refractivity contribution < 1.29 is 0 Å². The van der Waals surface area contributed by atoms with Crippen molar-refractivity contribution >= 4 is 57.2 Å². The molecule has 2 aliphatic rings. The largest absolute Gasteiger partial charge is 0.310 e. The summed E-state index contributed by atoms with van der Waals surface area (Å²) in [5.41, 5.74) is 32.6. The molecule has 450 valence electrons. The van der Waals surface area contributed by atoms with Crippen LogP contribution in [0, 0.1) is 0 Å². The molecular formula is C90H77BN2. The van der Waals surface area contributed by atoms with Gasteiger partial charge in [-0.3, -0.25) is 0 Å². The van der Waals surface area contributed by atoms with Crippen molar-refractivity contribution in [2.75, 3.05) is 9.80 Å². The number of fused-ring (bicyclic) bond motifs is 4. The molecule has 0 saturated carbocycles. The zero-order chi connectivity index (χ0) is 63.8. The van der Waals surface area contributed by atoms with Gasteiger partial charge in [0.2, 0.25) is 0 Å². The SMILES string of the molecule is CC(C)(C)c1cc2c3c(c1)N(c1c(-c4ccccc4)cc(-c4ccccc4)cc1-c1ccccc1)c1cc(C(C)(C)C)c(-c4ccccc4)cc1B3c1cc(-c3ccccc3)c(C(C)(C)C)cc1N2c1c(-c2ccccc2)cc(-c2ccccc2)cc1-c1ccccc1. The van der Waals surface area contributed by atoms with Crippen molar-refractivity contribution in [1.29, 1.82) is 0 Å². The summed E-state index contributed by atoms with van der Waals surface area (Å²) in [6.07, 6.45) is 0. The summed E-state index contributed by atoms with van der Waals surface area (Å²) in [6.45, 7) is 21.3. The predicted octanol–water partition coefficient (Wildman–Crippen LogP) is 23.0. The highest BCUT2D eigenvalue weighted by Gasteiger charge is 2.47. The molecule has 3 heteroatoms. The number of nitrogens with zero attached hydrogens (tertiary/aromatic N) is 2. The van der Waals surface area contributed by atoms with Gasteiger partial charge in [-0.25, -0.2) is 0 Å². The minimum absolute atomic E-state index is 0.234. The lowest BCUT2D eigenvalue weighted by Gasteiger charge is -2.47. The van der Waals surface area contributed by atoms with Gasteiger partial charge in [0.15, 0.2) is 0 Å². The van der Waals surface area contributed by atoms with Gasteiger partial charge < -0.3 is 9.80 Å². The Bertz CT molecular complexity index is 4480. The van der Waals surface area contributed by atoms with Gasteiger partial charge in [-0.2, -0.15) is 0 Å². The van der Waals surface area contributed by atoms with Gasteiger partial charge in [0.05, 0.1) is 11.4 Å². The minimum Gasteiger partial charge on any atom is -0.310 e. The maximum absolute atomic E-state index is 2.74. The molecule has 93 heavy (non-hydrogen) atoms. The van der Waals surface area contributed by atoms with Crippen molar-refractivity contribution in [1.82, 2.24) is 0 Å². The zero-order valence-electron chi connectivity index (χ0n) is 54.8. The van der Waals surface area contributed by atoms with E-state index in [4.69, 9.17) is 0 Å². The molecule has 0 fully saturated rings. The molecule has 0 amide bonds. The zero-order valence-corrected chi connectivity index (χ0v) is 54.8. The molecule has 0 unspecified atom stereocenters. The van der Waals surface area contributed by atoms with E-state index in [9.17, 15) is 0 Å². The van der Waals surface area contributed by atoms with Crippen molar-refractivity contribution in [2.45, 2.75) is 78.6 Å². The van der Waals surface area contributed by atoms with Gasteiger partial charge in [-0.1, -0.05) is 317 Å². The minimum atomic E-state index is -0.302. The molecule has 0 spiro atoms. The highest BCUT2D eigenvalue weighted by atomic mass is 15.2. The second kappa shape index (κ2) is 23.3. The van der Waals surface area contributed by atoms with Gasteiger partial charge >= 0.3 is 0 Å². The van der Waals surface area contributed by atoms with Crippen LogP contribution in [-0.2, 0) is 16.2 Å². The Morgan fingerprint density at radius 3 is 0.720 bits per heavy atom. The average Bonchev–Trinajstić information content (AvgIpc) is 0.684. The second-order valence-corrected chi connectivity index (χ2v) is 28.5. The van der Waals surface area contributed by atoms with E-state index in [2.05, 4.69) is 375 Å². The van der Waals surface area contributed by atoms with E-state index in [0.717, 1.165) is 67.0 Å². The van der Waals surface area contributed by atoms with Crippen LogP contribution in [0.2, 0.25) is 0 Å². The molecule has 2 nitrogen and oxygen atoms in total. The Kier molecular flexibility index (Phi) is 14.8. The Morgan fingerprint density at radius 1 is 0.226 bits per heavy atom. The fourth-order valence-electron chi connectivity index (χ4n) is 14.7. The van der Waals surface area contributed by atoms with Crippen LogP contribution >= 0.6 is 0 Å². The van der Waals surface area contributed by atoms with E-state index < -0.39 is 0 Å². The summed E-state index contributed by atoms with van der Waals surface area (Å²) < 4.78 is 0. The van der Waals surface area contributed by atoms with E-state index in [0.29, 0.717) is 0 Å². The maximum atomic E-state index is 2.74. The van der Waals surface area contributed by atoms with Crippen molar-refractivity contribution in [3.8, 4) is 89.0 Å². The molecule has 13 aromatic carbocycles. The molecule has 2 heterocycles. The maximum Gasteiger partial charge on any atom is 0.252 e. The first-order valence-corrected chi connectivity index (χ1v) is 33.0. The highest BCUT2D eigenvalue weighted by Crippen LogP contribution is 2.56. The smallest absolute Gasteiger partial charge is 0.252 e. The molecule has 0 radical (unpaired) electrons. The number of anilines is 6. The van der Waals surface area contributed by atoms with Gasteiger partial charge in [0.1, 0.15) is 0 Å². The average molecular weight is 1200 g/mol. The topological polar surface area (TPSA) is 6.48 Å². The van der Waals surface area contributed by atoms with Crippen LogP contribution in [0.3, 0.4) is 0 Å². The Labute approximate surface area is 551 Å². The van der Waals surface area contributed by atoms with Crippen LogP contribution in [-0.4, -0.2) is 6.71 Å². The van der Waals surface area contributed by atoms with E-state index >= 15 is 0 Å². The van der Waals surface area contributed by atoms with Crippen LogP contribution in [0.4, 0.5) is 34.1 Å². The van der Waals surface area contributed by atoms with Crippen molar-refractivity contribution in [3.05, 3.63) is 320 Å². The lowest BCUT2D eigenvalue weighted by molar-refractivity contribution is 0.590. The van der Waals surface area contributed by atoms with E-state index in [1.54, 1.807) is 0 Å². The number of benzene rings is 13. The Balaban J connectivity index is 1.18. The highest BCUT2D eigenvalue weighted by molar-refractivity contribution is 7.00. The normalized spacial score (nSPS) is 12.7. The van der Waals surface area contributed by atoms with Gasteiger partial charge in [0, 0.05) is 45.0 Å². The molecule has 15 rings (SSSR count). The van der Waals surface area contributed by atoms with Gasteiger partial charge in [-0.15, -0.1) is 0 Å².